The summed E-state index contributed by atoms with van der Waals surface area (Å²) in [5, 5.41) is 3.24. The fraction of sp³-hybridized carbons (Fsp3) is 0.100. The lowest BCUT2D eigenvalue weighted by molar-refractivity contribution is 0.414. The third kappa shape index (κ3) is 4.71. The Bertz CT molecular complexity index is 1000. The van der Waals surface area contributed by atoms with E-state index in [0.29, 0.717) is 11.4 Å². The quantitative estimate of drug-likeness (QED) is 0.637. The van der Waals surface area contributed by atoms with Crippen LogP contribution in [0.15, 0.2) is 77.7 Å². The topological polar surface area (TPSA) is 76.7 Å². The molecule has 0 fully saturated rings. The van der Waals surface area contributed by atoms with Gasteiger partial charge in [-0.2, -0.15) is 0 Å². The van der Waals surface area contributed by atoms with Crippen molar-refractivity contribution in [3.05, 3.63) is 72.8 Å². The number of rotatable bonds is 7. The van der Waals surface area contributed by atoms with Crippen molar-refractivity contribution in [1.82, 2.24) is 0 Å². The van der Waals surface area contributed by atoms with Crippen LogP contribution in [0.3, 0.4) is 0 Å². The smallest absolute Gasteiger partial charge is 0.261 e. The Morgan fingerprint density at radius 3 is 1.96 bits per heavy atom. The number of hydrogen-bond acceptors (Lipinski definition) is 5. The monoisotopic (exact) mass is 384 g/mol. The lowest BCUT2D eigenvalue weighted by Gasteiger charge is -2.11. The fourth-order valence-electron chi connectivity index (χ4n) is 2.46. The third-order valence-corrected chi connectivity index (χ3v) is 5.26. The van der Waals surface area contributed by atoms with Crippen molar-refractivity contribution in [1.29, 1.82) is 0 Å². The maximum atomic E-state index is 12.5. The Morgan fingerprint density at radius 2 is 1.33 bits per heavy atom. The average molecular weight is 384 g/mol. The Hall–Kier alpha value is -3.19. The van der Waals surface area contributed by atoms with Crippen molar-refractivity contribution in [3.8, 4) is 11.5 Å². The summed E-state index contributed by atoms with van der Waals surface area (Å²) in [7, 11) is -0.517. The molecule has 3 aromatic carbocycles. The SMILES string of the molecule is COc1ccc(S(=O)(=O)Nc2ccc(Nc3cccc(OC)c3)cc2)cc1. The first-order valence-electron chi connectivity index (χ1n) is 8.18. The third-order valence-electron chi connectivity index (χ3n) is 3.87. The maximum Gasteiger partial charge on any atom is 0.261 e. The Balaban J connectivity index is 1.70. The second-order valence-corrected chi connectivity index (χ2v) is 7.40. The molecule has 0 heterocycles. The summed E-state index contributed by atoms with van der Waals surface area (Å²) in [6.45, 7) is 0. The molecule has 3 aromatic rings. The van der Waals surface area contributed by atoms with Gasteiger partial charge in [0.15, 0.2) is 0 Å². The van der Waals surface area contributed by atoms with Gasteiger partial charge in [-0.25, -0.2) is 8.42 Å². The molecule has 7 heteroatoms. The molecule has 6 nitrogen and oxygen atoms in total. The van der Waals surface area contributed by atoms with E-state index in [-0.39, 0.29) is 4.90 Å². The lowest BCUT2D eigenvalue weighted by atomic mass is 10.2. The molecule has 2 N–H and O–H groups in total. The molecule has 0 aromatic heterocycles. The van der Waals surface area contributed by atoms with Gasteiger partial charge in [-0.1, -0.05) is 6.07 Å². The van der Waals surface area contributed by atoms with Crippen molar-refractivity contribution < 1.29 is 17.9 Å². The molecule has 140 valence electrons. The normalized spacial score (nSPS) is 10.9. The van der Waals surface area contributed by atoms with Crippen LogP contribution < -0.4 is 19.5 Å². The van der Waals surface area contributed by atoms with E-state index >= 15 is 0 Å². The van der Waals surface area contributed by atoms with E-state index in [9.17, 15) is 8.42 Å². The fourth-order valence-corrected chi connectivity index (χ4v) is 3.52. The highest BCUT2D eigenvalue weighted by Crippen LogP contribution is 2.24. The molecule has 0 aliphatic carbocycles. The van der Waals surface area contributed by atoms with Crippen LogP contribution >= 0.6 is 0 Å². The molecule has 0 bridgehead atoms. The lowest BCUT2D eigenvalue weighted by Crippen LogP contribution is -2.12. The van der Waals surface area contributed by atoms with Crippen molar-refractivity contribution in [2.75, 3.05) is 24.3 Å². The highest BCUT2D eigenvalue weighted by molar-refractivity contribution is 7.92. The number of nitrogens with one attached hydrogen (secondary N) is 2. The molecule has 0 amide bonds. The zero-order valence-electron chi connectivity index (χ0n) is 15.0. The Kier molecular flexibility index (Phi) is 5.52. The highest BCUT2D eigenvalue weighted by Gasteiger charge is 2.14. The van der Waals surface area contributed by atoms with Crippen LogP contribution in [-0.2, 0) is 10.0 Å². The minimum atomic E-state index is -3.66. The van der Waals surface area contributed by atoms with Crippen molar-refractivity contribution in [2.24, 2.45) is 0 Å². The van der Waals surface area contributed by atoms with Gasteiger partial charge in [-0.15, -0.1) is 0 Å². The second-order valence-electron chi connectivity index (χ2n) is 5.72. The minimum absolute atomic E-state index is 0.168. The first-order chi connectivity index (χ1) is 13.0. The van der Waals surface area contributed by atoms with Crippen LogP contribution in [0.5, 0.6) is 11.5 Å². The van der Waals surface area contributed by atoms with Gasteiger partial charge in [0.1, 0.15) is 11.5 Å². The summed E-state index contributed by atoms with van der Waals surface area (Å²) in [4.78, 5) is 0.168. The van der Waals surface area contributed by atoms with E-state index in [4.69, 9.17) is 9.47 Å². The minimum Gasteiger partial charge on any atom is -0.497 e. The summed E-state index contributed by atoms with van der Waals surface area (Å²) >= 11 is 0. The molecule has 0 unspecified atom stereocenters. The van der Waals surface area contributed by atoms with Crippen LogP contribution in [0, 0.1) is 0 Å². The van der Waals surface area contributed by atoms with E-state index in [1.807, 2.05) is 24.3 Å². The Morgan fingerprint density at radius 1 is 0.704 bits per heavy atom. The van der Waals surface area contributed by atoms with Gasteiger partial charge >= 0.3 is 0 Å². The van der Waals surface area contributed by atoms with Crippen LogP contribution in [0.2, 0.25) is 0 Å². The highest BCUT2D eigenvalue weighted by atomic mass is 32.2. The van der Waals surface area contributed by atoms with Crippen LogP contribution in [0.1, 0.15) is 0 Å². The number of benzene rings is 3. The van der Waals surface area contributed by atoms with Gasteiger partial charge in [0, 0.05) is 23.1 Å². The zero-order valence-corrected chi connectivity index (χ0v) is 15.8. The van der Waals surface area contributed by atoms with Crippen molar-refractivity contribution >= 4 is 27.1 Å². The molecule has 0 aliphatic heterocycles. The van der Waals surface area contributed by atoms with Crippen LogP contribution in [0.4, 0.5) is 17.1 Å². The van der Waals surface area contributed by atoms with E-state index in [2.05, 4.69) is 10.0 Å². The zero-order chi connectivity index (χ0) is 19.3. The molecule has 0 aliphatic rings. The van der Waals surface area contributed by atoms with E-state index in [0.717, 1.165) is 17.1 Å². The molecule has 0 saturated carbocycles. The summed E-state index contributed by atoms with van der Waals surface area (Å²) < 4.78 is 37.7. The number of methoxy groups -OCH3 is 2. The molecule has 0 atom stereocenters. The predicted molar refractivity (Wildman–Crippen MR) is 107 cm³/mol. The Labute approximate surface area is 158 Å². The molecule has 0 saturated heterocycles. The van der Waals surface area contributed by atoms with Gasteiger partial charge in [0.25, 0.3) is 10.0 Å². The molecule has 3 rings (SSSR count). The average Bonchev–Trinajstić information content (AvgIpc) is 2.69. The first-order valence-corrected chi connectivity index (χ1v) is 9.66. The predicted octanol–water partition coefficient (Wildman–Crippen LogP) is 4.25. The maximum absolute atomic E-state index is 12.5. The molecule has 27 heavy (non-hydrogen) atoms. The summed E-state index contributed by atoms with van der Waals surface area (Å²) in [6, 6.07) is 20.7. The number of hydrogen-bond donors (Lipinski definition) is 2. The second kappa shape index (κ2) is 8.01. The van der Waals surface area contributed by atoms with E-state index in [1.54, 1.807) is 43.5 Å². The molecule has 0 spiro atoms. The first kappa shape index (κ1) is 18.6. The molecular weight excluding hydrogens is 364 g/mol. The van der Waals surface area contributed by atoms with Crippen molar-refractivity contribution in [2.45, 2.75) is 4.90 Å². The number of anilines is 3. The van der Waals surface area contributed by atoms with Crippen molar-refractivity contribution in [3.63, 3.8) is 0 Å². The summed E-state index contributed by atoms with van der Waals surface area (Å²) in [5.41, 5.74) is 2.18. The molecule has 0 radical (unpaired) electrons. The van der Waals surface area contributed by atoms with E-state index in [1.165, 1.54) is 19.2 Å². The van der Waals surface area contributed by atoms with Crippen LogP contribution in [0.25, 0.3) is 0 Å². The van der Waals surface area contributed by atoms with Gasteiger partial charge < -0.3 is 14.8 Å². The number of sulfonamides is 1. The standard InChI is InChI=1S/C20H20N2O4S/c1-25-18-10-12-20(13-11-18)27(23,24)22-16-8-6-15(7-9-16)21-17-4-3-5-19(14-17)26-2/h3-14,21-22H,1-2H3. The van der Waals surface area contributed by atoms with Gasteiger partial charge in [0.05, 0.1) is 19.1 Å². The number of ether oxygens (including phenoxy) is 2. The van der Waals surface area contributed by atoms with E-state index < -0.39 is 10.0 Å². The molecular formula is C20H20N2O4S. The largest absolute Gasteiger partial charge is 0.497 e. The summed E-state index contributed by atoms with van der Waals surface area (Å²) in [6.07, 6.45) is 0. The summed E-state index contributed by atoms with van der Waals surface area (Å²) in [5.74, 6) is 1.35. The van der Waals surface area contributed by atoms with Gasteiger partial charge in [-0.3, -0.25) is 4.72 Å². The van der Waals surface area contributed by atoms with Crippen LogP contribution in [-0.4, -0.2) is 22.6 Å². The van der Waals surface area contributed by atoms with Gasteiger partial charge in [0.2, 0.25) is 0 Å². The van der Waals surface area contributed by atoms with Gasteiger partial charge in [-0.05, 0) is 60.7 Å².